The second kappa shape index (κ2) is 5.49. The summed E-state index contributed by atoms with van der Waals surface area (Å²) in [7, 11) is 0. The summed E-state index contributed by atoms with van der Waals surface area (Å²) in [6, 6.07) is 0.352. The van der Waals surface area contributed by atoms with Crippen LogP contribution in [-0.2, 0) is 4.79 Å². The second-order valence-corrected chi connectivity index (χ2v) is 7.60. The molecule has 3 saturated carbocycles. The Hall–Kier alpha value is -0.280. The van der Waals surface area contributed by atoms with Crippen LogP contribution in [0.1, 0.15) is 44.9 Å². The lowest BCUT2D eigenvalue weighted by molar-refractivity contribution is -0.131. The lowest BCUT2D eigenvalue weighted by atomic mass is 9.86. The summed E-state index contributed by atoms with van der Waals surface area (Å²) in [6.07, 6.45) is 8.80. The van der Waals surface area contributed by atoms with E-state index in [1.165, 1.54) is 38.5 Å². The highest BCUT2D eigenvalue weighted by molar-refractivity contribution is 5.85. The highest BCUT2D eigenvalue weighted by Crippen LogP contribution is 2.50. The fourth-order valence-electron chi connectivity index (χ4n) is 5.49. The molecule has 0 aromatic rings. The third kappa shape index (κ3) is 2.37. The number of nitrogens with zero attached hydrogens (tertiary/aromatic N) is 1. The topological polar surface area (TPSA) is 46.3 Å². The van der Waals surface area contributed by atoms with Gasteiger partial charge in [-0.2, -0.15) is 0 Å². The molecule has 0 aromatic heterocycles. The molecule has 0 radical (unpaired) electrons. The van der Waals surface area contributed by atoms with E-state index in [1.807, 2.05) is 0 Å². The molecule has 1 saturated heterocycles. The van der Waals surface area contributed by atoms with Gasteiger partial charge in [0.15, 0.2) is 0 Å². The van der Waals surface area contributed by atoms with E-state index in [2.05, 4.69) is 4.90 Å². The van der Waals surface area contributed by atoms with Crippen LogP contribution in [0, 0.1) is 29.6 Å². The second-order valence-electron chi connectivity index (χ2n) is 7.60. The molecule has 3 aliphatic carbocycles. The van der Waals surface area contributed by atoms with Gasteiger partial charge in [0.1, 0.15) is 0 Å². The highest BCUT2D eigenvalue weighted by Gasteiger charge is 2.44. The summed E-state index contributed by atoms with van der Waals surface area (Å²) in [5.41, 5.74) is 6.16. The summed E-state index contributed by atoms with van der Waals surface area (Å²) in [5, 5.41) is 0. The first-order valence-electron chi connectivity index (χ1n) is 8.24. The van der Waals surface area contributed by atoms with Crippen LogP contribution in [0.5, 0.6) is 0 Å². The fourth-order valence-corrected chi connectivity index (χ4v) is 5.49. The zero-order valence-corrected chi connectivity index (χ0v) is 13.0. The Kier molecular flexibility index (Phi) is 4.02. The first kappa shape index (κ1) is 14.6. The van der Waals surface area contributed by atoms with E-state index in [1.54, 1.807) is 0 Å². The number of likely N-dealkylation sites (tertiary alicyclic amines) is 1. The molecule has 0 aromatic carbocycles. The normalized spacial score (nSPS) is 45.5. The molecule has 1 amide bonds. The van der Waals surface area contributed by atoms with Crippen molar-refractivity contribution in [1.29, 1.82) is 0 Å². The van der Waals surface area contributed by atoms with Crippen molar-refractivity contribution in [3.63, 3.8) is 0 Å². The number of hydrogen-bond donors (Lipinski definition) is 1. The molecule has 0 spiro atoms. The predicted molar refractivity (Wildman–Crippen MR) is 81.6 cm³/mol. The molecule has 1 aliphatic heterocycles. The third-order valence-electron chi connectivity index (χ3n) is 6.59. The lowest BCUT2D eigenvalue weighted by Crippen LogP contribution is -2.34. The predicted octanol–water partition coefficient (Wildman–Crippen LogP) is 2.43. The Balaban J connectivity index is 0.00000121. The average Bonchev–Trinajstić information content (AvgIpc) is 3.11. The van der Waals surface area contributed by atoms with E-state index in [9.17, 15) is 4.79 Å². The molecule has 6 atom stereocenters. The molecule has 4 aliphatic rings. The van der Waals surface area contributed by atoms with Crippen molar-refractivity contribution in [2.24, 2.45) is 35.3 Å². The monoisotopic (exact) mass is 298 g/mol. The van der Waals surface area contributed by atoms with Crippen molar-refractivity contribution in [2.75, 3.05) is 13.1 Å². The van der Waals surface area contributed by atoms with Crippen LogP contribution in [0.15, 0.2) is 0 Å². The minimum Gasteiger partial charge on any atom is -0.342 e. The maximum atomic E-state index is 12.5. The van der Waals surface area contributed by atoms with E-state index in [4.69, 9.17) is 5.73 Å². The van der Waals surface area contributed by atoms with Crippen LogP contribution in [-0.4, -0.2) is 29.9 Å². The molecule has 6 unspecified atom stereocenters. The van der Waals surface area contributed by atoms with Gasteiger partial charge in [-0.05, 0) is 61.7 Å². The standard InChI is InChI=1S/C16H26N2O.ClH/c17-15-4-3-12-8-18(9-14(12)15)16(19)7-13-6-10-1-2-11(13)5-10;/h10-15H,1-9,17H2;1H. The van der Waals surface area contributed by atoms with Crippen molar-refractivity contribution in [2.45, 2.75) is 51.0 Å². The van der Waals surface area contributed by atoms with Crippen molar-refractivity contribution in [3.8, 4) is 0 Å². The van der Waals surface area contributed by atoms with Crippen LogP contribution in [0.2, 0.25) is 0 Å². The highest BCUT2D eigenvalue weighted by atomic mass is 35.5. The molecule has 2 N–H and O–H groups in total. The molecular weight excluding hydrogens is 272 g/mol. The first-order valence-corrected chi connectivity index (χ1v) is 8.24. The Morgan fingerprint density at radius 2 is 1.85 bits per heavy atom. The number of halogens is 1. The summed E-state index contributed by atoms with van der Waals surface area (Å²) < 4.78 is 0. The molecule has 4 heteroatoms. The molecular formula is C16H27ClN2O. The van der Waals surface area contributed by atoms with Crippen LogP contribution in [0.3, 0.4) is 0 Å². The van der Waals surface area contributed by atoms with Gasteiger partial charge >= 0.3 is 0 Å². The van der Waals surface area contributed by atoms with Crippen molar-refractivity contribution >= 4 is 18.3 Å². The van der Waals surface area contributed by atoms with E-state index < -0.39 is 0 Å². The van der Waals surface area contributed by atoms with Crippen molar-refractivity contribution in [1.82, 2.24) is 4.90 Å². The van der Waals surface area contributed by atoms with Gasteiger partial charge in [-0.3, -0.25) is 4.79 Å². The molecule has 4 fully saturated rings. The SMILES string of the molecule is Cl.NC1CCC2CN(C(=O)CC3CC4CCC3C4)CC12. The molecule has 114 valence electrons. The van der Waals surface area contributed by atoms with Crippen LogP contribution in [0.4, 0.5) is 0 Å². The quantitative estimate of drug-likeness (QED) is 0.851. The Morgan fingerprint density at radius 3 is 2.50 bits per heavy atom. The Morgan fingerprint density at radius 1 is 1.05 bits per heavy atom. The number of fused-ring (bicyclic) bond motifs is 3. The number of carbonyl (C=O) groups excluding carboxylic acids is 1. The zero-order chi connectivity index (χ0) is 13.0. The zero-order valence-electron chi connectivity index (χ0n) is 12.2. The van der Waals surface area contributed by atoms with Gasteiger partial charge in [-0.15, -0.1) is 12.4 Å². The number of rotatable bonds is 2. The largest absolute Gasteiger partial charge is 0.342 e. The summed E-state index contributed by atoms with van der Waals surface area (Å²) in [4.78, 5) is 14.6. The summed E-state index contributed by atoms with van der Waals surface area (Å²) in [5.74, 6) is 4.27. The number of carbonyl (C=O) groups is 1. The average molecular weight is 299 g/mol. The smallest absolute Gasteiger partial charge is 0.222 e. The maximum Gasteiger partial charge on any atom is 0.222 e. The number of nitrogens with two attached hydrogens (primary N) is 1. The van der Waals surface area contributed by atoms with Gasteiger partial charge in [0.25, 0.3) is 0 Å². The lowest BCUT2D eigenvalue weighted by Gasteiger charge is -2.25. The van der Waals surface area contributed by atoms with Gasteiger partial charge in [-0.25, -0.2) is 0 Å². The summed E-state index contributed by atoms with van der Waals surface area (Å²) in [6.45, 7) is 1.95. The van der Waals surface area contributed by atoms with Crippen molar-refractivity contribution in [3.05, 3.63) is 0 Å². The van der Waals surface area contributed by atoms with Crippen LogP contribution in [0.25, 0.3) is 0 Å². The third-order valence-corrected chi connectivity index (χ3v) is 6.59. The molecule has 1 heterocycles. The van der Waals surface area contributed by atoms with Gasteiger partial charge in [0, 0.05) is 25.6 Å². The molecule has 3 nitrogen and oxygen atoms in total. The molecule has 4 rings (SSSR count). The minimum absolute atomic E-state index is 0. The Labute approximate surface area is 128 Å². The first-order chi connectivity index (χ1) is 9.20. The van der Waals surface area contributed by atoms with E-state index in [0.29, 0.717) is 29.7 Å². The van der Waals surface area contributed by atoms with Gasteiger partial charge < -0.3 is 10.6 Å². The molecule has 2 bridgehead atoms. The van der Waals surface area contributed by atoms with Gasteiger partial charge in [-0.1, -0.05) is 6.42 Å². The Bertz CT molecular complexity index is 389. The van der Waals surface area contributed by atoms with Crippen LogP contribution >= 0.6 is 12.4 Å². The van der Waals surface area contributed by atoms with Crippen molar-refractivity contribution < 1.29 is 4.79 Å². The maximum absolute atomic E-state index is 12.5. The van der Waals surface area contributed by atoms with E-state index in [0.717, 1.165) is 31.3 Å². The minimum atomic E-state index is 0. The van der Waals surface area contributed by atoms with Gasteiger partial charge in [0.05, 0.1) is 0 Å². The van der Waals surface area contributed by atoms with E-state index >= 15 is 0 Å². The summed E-state index contributed by atoms with van der Waals surface area (Å²) >= 11 is 0. The van der Waals surface area contributed by atoms with Gasteiger partial charge in [0.2, 0.25) is 5.91 Å². The number of hydrogen-bond acceptors (Lipinski definition) is 2. The number of amides is 1. The molecule has 20 heavy (non-hydrogen) atoms. The van der Waals surface area contributed by atoms with Crippen LogP contribution < -0.4 is 5.73 Å². The van der Waals surface area contributed by atoms with E-state index in [-0.39, 0.29) is 12.4 Å². The fraction of sp³-hybridized carbons (Fsp3) is 0.938.